The minimum absolute atomic E-state index is 0.562. The molecule has 15 heavy (non-hydrogen) atoms. The van der Waals surface area contributed by atoms with Crippen molar-refractivity contribution in [2.24, 2.45) is 0 Å². The molecule has 0 radical (unpaired) electrons. The number of rotatable bonds is 3. The maximum atomic E-state index is 5.69. The van der Waals surface area contributed by atoms with Crippen LogP contribution in [0.2, 0.25) is 0 Å². The Hall–Kier alpha value is -1.36. The van der Waals surface area contributed by atoms with Crippen LogP contribution in [0, 0.1) is 6.92 Å². The van der Waals surface area contributed by atoms with Crippen LogP contribution in [0.4, 0.5) is 5.82 Å². The van der Waals surface area contributed by atoms with Gasteiger partial charge >= 0.3 is 0 Å². The van der Waals surface area contributed by atoms with Crippen LogP contribution in [0.5, 0.6) is 0 Å². The van der Waals surface area contributed by atoms with E-state index in [9.17, 15) is 0 Å². The topological polar surface area (TPSA) is 46.3 Å². The molecular formula is C9H12ClN5. The predicted molar refractivity (Wildman–Crippen MR) is 59.5 cm³/mol. The highest BCUT2D eigenvalue weighted by Crippen LogP contribution is 2.15. The van der Waals surface area contributed by atoms with Crippen LogP contribution in [0.1, 0.15) is 5.82 Å². The Morgan fingerprint density at radius 1 is 1.47 bits per heavy atom. The Bertz CT molecular complexity index is 466. The van der Waals surface area contributed by atoms with Crippen molar-refractivity contribution in [2.45, 2.75) is 6.92 Å². The molecule has 80 valence electrons. The molecule has 0 bridgehead atoms. The summed E-state index contributed by atoms with van der Waals surface area (Å²) >= 11 is 5.69. The SMILES string of the molecule is Cc1nnc2c(N(C)CCCl)nccn12. The summed E-state index contributed by atoms with van der Waals surface area (Å²) in [5.41, 5.74) is 0.766. The summed E-state index contributed by atoms with van der Waals surface area (Å²) in [5.74, 6) is 2.22. The first-order chi connectivity index (χ1) is 7.24. The molecule has 0 saturated heterocycles. The van der Waals surface area contributed by atoms with E-state index >= 15 is 0 Å². The molecule has 0 aliphatic heterocycles. The van der Waals surface area contributed by atoms with Gasteiger partial charge in [0.25, 0.3) is 0 Å². The molecule has 2 aromatic rings. The lowest BCUT2D eigenvalue weighted by Gasteiger charge is -2.16. The van der Waals surface area contributed by atoms with Gasteiger partial charge in [-0.1, -0.05) is 0 Å². The zero-order valence-corrected chi connectivity index (χ0v) is 9.44. The molecular weight excluding hydrogens is 214 g/mol. The van der Waals surface area contributed by atoms with Gasteiger partial charge in [-0.25, -0.2) is 4.98 Å². The molecule has 0 N–H and O–H groups in total. The molecule has 0 amide bonds. The molecule has 0 unspecified atom stereocenters. The zero-order chi connectivity index (χ0) is 10.8. The van der Waals surface area contributed by atoms with Crippen molar-refractivity contribution in [2.75, 3.05) is 24.4 Å². The van der Waals surface area contributed by atoms with Gasteiger partial charge in [0.2, 0.25) is 5.65 Å². The van der Waals surface area contributed by atoms with Gasteiger partial charge in [0.1, 0.15) is 5.82 Å². The third kappa shape index (κ3) is 1.74. The van der Waals surface area contributed by atoms with Crippen molar-refractivity contribution >= 4 is 23.1 Å². The van der Waals surface area contributed by atoms with Crippen LogP contribution < -0.4 is 4.90 Å². The number of hydrogen-bond donors (Lipinski definition) is 0. The molecule has 0 aliphatic carbocycles. The fourth-order valence-electron chi connectivity index (χ4n) is 1.43. The largest absolute Gasteiger partial charge is 0.355 e. The average Bonchev–Trinajstić information content (AvgIpc) is 2.61. The fraction of sp³-hybridized carbons (Fsp3) is 0.444. The molecule has 0 saturated carbocycles. The van der Waals surface area contributed by atoms with Gasteiger partial charge in [-0.05, 0) is 6.92 Å². The van der Waals surface area contributed by atoms with Crippen LogP contribution in [0.15, 0.2) is 12.4 Å². The van der Waals surface area contributed by atoms with E-state index in [0.717, 1.165) is 23.8 Å². The van der Waals surface area contributed by atoms with Crippen LogP contribution in [0.25, 0.3) is 5.65 Å². The van der Waals surface area contributed by atoms with E-state index in [1.54, 1.807) is 6.20 Å². The molecule has 0 spiro atoms. The van der Waals surface area contributed by atoms with Gasteiger partial charge < -0.3 is 4.90 Å². The summed E-state index contributed by atoms with van der Waals surface area (Å²) in [6.45, 7) is 2.64. The second-order valence-corrected chi connectivity index (χ2v) is 3.68. The second kappa shape index (κ2) is 4.02. The second-order valence-electron chi connectivity index (χ2n) is 3.30. The first kappa shape index (κ1) is 10.2. The average molecular weight is 226 g/mol. The Labute approximate surface area is 92.7 Å². The lowest BCUT2D eigenvalue weighted by molar-refractivity contribution is 0.929. The summed E-state index contributed by atoms with van der Waals surface area (Å²) in [7, 11) is 1.94. The van der Waals surface area contributed by atoms with Crippen molar-refractivity contribution in [1.29, 1.82) is 0 Å². The van der Waals surface area contributed by atoms with Crippen molar-refractivity contribution in [3.8, 4) is 0 Å². The number of anilines is 1. The third-order valence-electron chi connectivity index (χ3n) is 2.26. The van der Waals surface area contributed by atoms with Gasteiger partial charge in [-0.2, -0.15) is 0 Å². The van der Waals surface area contributed by atoms with Gasteiger partial charge in [-0.15, -0.1) is 21.8 Å². The highest BCUT2D eigenvalue weighted by molar-refractivity contribution is 6.18. The smallest absolute Gasteiger partial charge is 0.203 e. The molecule has 5 nitrogen and oxygen atoms in total. The van der Waals surface area contributed by atoms with E-state index in [1.165, 1.54) is 0 Å². The maximum absolute atomic E-state index is 5.69. The molecule has 6 heteroatoms. The van der Waals surface area contributed by atoms with Crippen LogP contribution >= 0.6 is 11.6 Å². The Balaban J connectivity index is 2.51. The van der Waals surface area contributed by atoms with Crippen molar-refractivity contribution in [3.05, 3.63) is 18.2 Å². The van der Waals surface area contributed by atoms with Crippen LogP contribution in [-0.4, -0.2) is 39.1 Å². The fourth-order valence-corrected chi connectivity index (χ4v) is 1.68. The summed E-state index contributed by atoms with van der Waals surface area (Å²) in [6, 6.07) is 0. The van der Waals surface area contributed by atoms with E-state index in [2.05, 4.69) is 15.2 Å². The highest BCUT2D eigenvalue weighted by Gasteiger charge is 2.10. The van der Waals surface area contributed by atoms with Crippen LogP contribution in [0.3, 0.4) is 0 Å². The molecule has 2 aromatic heterocycles. The first-order valence-corrected chi connectivity index (χ1v) is 5.21. The normalized spacial score (nSPS) is 10.9. The van der Waals surface area contributed by atoms with E-state index < -0.39 is 0 Å². The molecule has 0 fully saturated rings. The Morgan fingerprint density at radius 2 is 2.27 bits per heavy atom. The number of alkyl halides is 1. The van der Waals surface area contributed by atoms with Crippen molar-refractivity contribution < 1.29 is 0 Å². The van der Waals surface area contributed by atoms with Crippen molar-refractivity contribution in [3.63, 3.8) is 0 Å². The molecule has 0 aliphatic rings. The summed E-state index contributed by atoms with van der Waals surface area (Å²) < 4.78 is 1.91. The number of halogens is 1. The zero-order valence-electron chi connectivity index (χ0n) is 8.68. The van der Waals surface area contributed by atoms with Crippen LogP contribution in [-0.2, 0) is 0 Å². The van der Waals surface area contributed by atoms with E-state index in [-0.39, 0.29) is 0 Å². The minimum atomic E-state index is 0.562. The van der Waals surface area contributed by atoms with Gasteiger partial charge in [-0.3, -0.25) is 4.40 Å². The van der Waals surface area contributed by atoms with E-state index in [4.69, 9.17) is 11.6 Å². The lowest BCUT2D eigenvalue weighted by Crippen LogP contribution is -2.21. The molecule has 2 heterocycles. The predicted octanol–water partition coefficient (Wildman–Crippen LogP) is 1.11. The third-order valence-corrected chi connectivity index (χ3v) is 2.43. The van der Waals surface area contributed by atoms with Gasteiger partial charge in [0.15, 0.2) is 5.82 Å². The van der Waals surface area contributed by atoms with E-state index in [1.807, 2.05) is 29.5 Å². The minimum Gasteiger partial charge on any atom is -0.355 e. The molecule has 0 aromatic carbocycles. The number of aromatic nitrogens is 4. The monoisotopic (exact) mass is 225 g/mol. The highest BCUT2D eigenvalue weighted by atomic mass is 35.5. The number of aryl methyl sites for hydroxylation is 1. The summed E-state index contributed by atoms with van der Waals surface area (Å²) in [4.78, 5) is 6.25. The lowest BCUT2D eigenvalue weighted by atomic mass is 10.5. The van der Waals surface area contributed by atoms with Crippen molar-refractivity contribution in [1.82, 2.24) is 19.6 Å². The van der Waals surface area contributed by atoms with Gasteiger partial charge in [0, 0.05) is 31.9 Å². The number of nitrogens with zero attached hydrogens (tertiary/aromatic N) is 5. The Kier molecular flexibility index (Phi) is 2.73. The molecule has 2 rings (SSSR count). The Morgan fingerprint density at radius 3 is 3.00 bits per heavy atom. The summed E-state index contributed by atoms with van der Waals surface area (Å²) in [5, 5.41) is 8.10. The number of fused-ring (bicyclic) bond motifs is 1. The van der Waals surface area contributed by atoms with E-state index in [0.29, 0.717) is 5.88 Å². The quantitative estimate of drug-likeness (QED) is 0.735. The molecule has 0 atom stereocenters. The standard InChI is InChI=1S/C9H12ClN5/c1-7-12-13-9-8(14(2)5-3-10)11-4-6-15(7)9/h4,6H,3,5H2,1-2H3. The summed E-state index contributed by atoms with van der Waals surface area (Å²) in [6.07, 6.45) is 3.59. The first-order valence-electron chi connectivity index (χ1n) is 4.67. The number of hydrogen-bond acceptors (Lipinski definition) is 4. The van der Waals surface area contributed by atoms with Gasteiger partial charge in [0.05, 0.1) is 0 Å². The maximum Gasteiger partial charge on any atom is 0.203 e.